The molecule has 0 amide bonds. The molecule has 0 aliphatic carbocycles. The Morgan fingerprint density at radius 2 is 1.46 bits per heavy atom. The average molecular weight is 488 g/mol. The van der Waals surface area contributed by atoms with E-state index in [0.29, 0.717) is 23.7 Å². The molecule has 35 heavy (non-hydrogen) atoms. The van der Waals surface area contributed by atoms with Crippen molar-refractivity contribution in [2.75, 3.05) is 5.32 Å². The van der Waals surface area contributed by atoms with Crippen LogP contribution in [0.25, 0.3) is 28.2 Å². The minimum absolute atomic E-state index is 0.0443. The van der Waals surface area contributed by atoms with Crippen LogP contribution >= 0.6 is 0 Å². The summed E-state index contributed by atoms with van der Waals surface area (Å²) in [6.45, 7) is 0.369. The Hall–Kier alpha value is -4.41. The summed E-state index contributed by atoms with van der Waals surface area (Å²) in [4.78, 5) is 9.37. The molecule has 0 aliphatic rings. The summed E-state index contributed by atoms with van der Waals surface area (Å²) in [5.74, 6) is 0.851. The number of benzene rings is 3. The van der Waals surface area contributed by atoms with Crippen molar-refractivity contribution in [1.29, 1.82) is 0 Å². The van der Waals surface area contributed by atoms with E-state index >= 15 is 0 Å². The van der Waals surface area contributed by atoms with Crippen LogP contribution in [0.15, 0.2) is 90.1 Å². The van der Waals surface area contributed by atoms with Crippen molar-refractivity contribution >= 4 is 21.5 Å². The SMILES string of the molecule is NS(=O)(=O)c1ccc(CNc2nc(-c3ccc(O)cc3)cn3c(-c4ccc(O)cc4)cnc23)cc1. The topological polar surface area (TPSA) is 143 Å². The van der Waals surface area contributed by atoms with Crippen molar-refractivity contribution in [3.63, 3.8) is 0 Å². The number of phenolic OH excluding ortho intramolecular Hbond substituents is 2. The Kier molecular flexibility index (Phi) is 5.59. The number of phenols is 2. The number of primary sulfonamides is 1. The van der Waals surface area contributed by atoms with Crippen molar-refractivity contribution in [2.45, 2.75) is 11.4 Å². The number of imidazole rings is 1. The maximum atomic E-state index is 11.5. The molecular formula is C25H21N5O4S. The van der Waals surface area contributed by atoms with Gasteiger partial charge in [0.25, 0.3) is 0 Å². The molecule has 0 spiro atoms. The van der Waals surface area contributed by atoms with Gasteiger partial charge < -0.3 is 15.5 Å². The number of aromatic nitrogens is 3. The first-order valence-corrected chi connectivity index (χ1v) is 12.1. The summed E-state index contributed by atoms with van der Waals surface area (Å²) in [6, 6.07) is 19.9. The molecule has 0 saturated heterocycles. The molecule has 5 N–H and O–H groups in total. The summed E-state index contributed by atoms with van der Waals surface area (Å²) < 4.78 is 24.9. The summed E-state index contributed by atoms with van der Waals surface area (Å²) in [7, 11) is -3.76. The van der Waals surface area contributed by atoms with Gasteiger partial charge in [0.05, 0.1) is 22.5 Å². The van der Waals surface area contributed by atoms with Gasteiger partial charge in [-0.25, -0.2) is 23.5 Å². The maximum absolute atomic E-state index is 11.5. The van der Waals surface area contributed by atoms with Crippen molar-refractivity contribution < 1.29 is 18.6 Å². The minimum Gasteiger partial charge on any atom is -0.508 e. The average Bonchev–Trinajstić information content (AvgIpc) is 3.27. The number of fused-ring (bicyclic) bond motifs is 1. The molecule has 0 fully saturated rings. The van der Waals surface area contributed by atoms with E-state index in [-0.39, 0.29) is 16.4 Å². The highest BCUT2D eigenvalue weighted by atomic mass is 32.2. The highest BCUT2D eigenvalue weighted by Crippen LogP contribution is 2.29. The number of nitrogens with two attached hydrogens (primary N) is 1. The molecule has 0 unspecified atom stereocenters. The Morgan fingerprint density at radius 1 is 0.857 bits per heavy atom. The first-order chi connectivity index (χ1) is 16.8. The van der Waals surface area contributed by atoms with Gasteiger partial charge in [-0.2, -0.15) is 0 Å². The molecule has 0 saturated carbocycles. The fourth-order valence-electron chi connectivity index (χ4n) is 3.71. The number of aromatic hydroxyl groups is 2. The fraction of sp³-hybridized carbons (Fsp3) is 0.0400. The Morgan fingerprint density at radius 3 is 2.06 bits per heavy atom. The van der Waals surface area contributed by atoms with Gasteiger partial charge >= 0.3 is 0 Å². The van der Waals surface area contributed by atoms with Gasteiger partial charge in [-0.05, 0) is 66.2 Å². The predicted molar refractivity (Wildman–Crippen MR) is 132 cm³/mol. The van der Waals surface area contributed by atoms with Crippen LogP contribution in [0, 0.1) is 0 Å². The number of nitrogens with zero attached hydrogens (tertiary/aromatic N) is 3. The molecule has 0 atom stereocenters. The van der Waals surface area contributed by atoms with E-state index in [1.54, 1.807) is 66.9 Å². The van der Waals surface area contributed by atoms with Crippen molar-refractivity contribution in [3.8, 4) is 34.0 Å². The zero-order valence-electron chi connectivity index (χ0n) is 18.3. The fourth-order valence-corrected chi connectivity index (χ4v) is 4.22. The van der Waals surface area contributed by atoms with E-state index < -0.39 is 10.0 Å². The largest absolute Gasteiger partial charge is 0.508 e. The van der Waals surface area contributed by atoms with Crippen molar-refractivity contribution in [1.82, 2.24) is 14.4 Å². The Balaban J connectivity index is 1.56. The van der Waals surface area contributed by atoms with Crippen LogP contribution in [0.4, 0.5) is 5.82 Å². The smallest absolute Gasteiger partial charge is 0.238 e. The highest BCUT2D eigenvalue weighted by molar-refractivity contribution is 7.89. The number of sulfonamides is 1. The summed E-state index contributed by atoms with van der Waals surface area (Å²) >= 11 is 0. The number of nitrogens with one attached hydrogen (secondary N) is 1. The first kappa shape index (κ1) is 22.4. The molecule has 176 valence electrons. The van der Waals surface area contributed by atoms with Crippen LogP contribution in [0.3, 0.4) is 0 Å². The molecule has 0 radical (unpaired) electrons. The number of hydrogen-bond donors (Lipinski definition) is 4. The van der Waals surface area contributed by atoms with Crippen LogP contribution in [-0.2, 0) is 16.6 Å². The Labute approximate surface area is 201 Å². The lowest BCUT2D eigenvalue weighted by atomic mass is 10.1. The second-order valence-corrected chi connectivity index (χ2v) is 9.51. The molecule has 0 aliphatic heterocycles. The van der Waals surface area contributed by atoms with E-state index in [9.17, 15) is 18.6 Å². The van der Waals surface area contributed by atoms with E-state index in [2.05, 4.69) is 10.3 Å². The lowest BCUT2D eigenvalue weighted by molar-refractivity contribution is 0.475. The third-order valence-corrected chi connectivity index (χ3v) is 6.46. The van der Waals surface area contributed by atoms with Crippen molar-refractivity contribution in [3.05, 3.63) is 90.8 Å². The van der Waals surface area contributed by atoms with Crippen LogP contribution in [0.5, 0.6) is 11.5 Å². The van der Waals surface area contributed by atoms with Gasteiger partial charge in [0, 0.05) is 23.9 Å². The molecule has 0 bridgehead atoms. The third kappa shape index (κ3) is 4.65. The molecule has 2 aromatic heterocycles. The number of rotatable bonds is 6. The van der Waals surface area contributed by atoms with Crippen LogP contribution < -0.4 is 10.5 Å². The first-order valence-electron chi connectivity index (χ1n) is 10.6. The van der Waals surface area contributed by atoms with E-state index in [1.165, 1.54) is 12.1 Å². The molecule has 10 heteroatoms. The van der Waals surface area contributed by atoms with Gasteiger partial charge in [-0.15, -0.1) is 0 Å². The van der Waals surface area contributed by atoms with Crippen LogP contribution in [0.2, 0.25) is 0 Å². The van der Waals surface area contributed by atoms with Crippen molar-refractivity contribution in [2.24, 2.45) is 5.14 Å². The summed E-state index contributed by atoms with van der Waals surface area (Å²) in [5.41, 5.74) is 4.55. The quantitative estimate of drug-likeness (QED) is 0.286. The van der Waals surface area contributed by atoms with Gasteiger partial charge in [0.1, 0.15) is 11.5 Å². The van der Waals surface area contributed by atoms with Gasteiger partial charge in [-0.1, -0.05) is 12.1 Å². The van der Waals surface area contributed by atoms with Gasteiger partial charge in [0.15, 0.2) is 11.5 Å². The monoisotopic (exact) mass is 487 g/mol. The minimum atomic E-state index is -3.76. The third-order valence-electron chi connectivity index (χ3n) is 5.53. The maximum Gasteiger partial charge on any atom is 0.238 e. The van der Waals surface area contributed by atoms with Gasteiger partial charge in [-0.3, -0.25) is 4.40 Å². The molecule has 5 aromatic rings. The Bertz CT molecular complexity index is 1610. The number of anilines is 1. The molecule has 3 aromatic carbocycles. The molecule has 9 nitrogen and oxygen atoms in total. The zero-order chi connectivity index (χ0) is 24.6. The van der Waals surface area contributed by atoms with E-state index in [4.69, 9.17) is 10.1 Å². The standard InChI is InChI=1S/C25H21N5O4S/c26-35(33,34)21-11-1-16(2-12-21)13-27-24-25-28-14-23(18-5-9-20(32)10-6-18)30(25)15-22(29-24)17-3-7-19(31)8-4-17/h1-12,14-15,31-32H,13H2,(H,27,29)(H2,26,33,34). The summed E-state index contributed by atoms with van der Waals surface area (Å²) in [5, 5.41) is 27.8. The normalized spacial score (nSPS) is 11.6. The predicted octanol–water partition coefficient (Wildman–Crippen LogP) is 3.73. The lowest BCUT2D eigenvalue weighted by Crippen LogP contribution is -2.12. The van der Waals surface area contributed by atoms with Gasteiger partial charge in [0.2, 0.25) is 10.0 Å². The van der Waals surface area contributed by atoms with E-state index in [0.717, 1.165) is 22.4 Å². The highest BCUT2D eigenvalue weighted by Gasteiger charge is 2.14. The lowest BCUT2D eigenvalue weighted by Gasteiger charge is -2.12. The second kappa shape index (κ2) is 8.75. The zero-order valence-corrected chi connectivity index (χ0v) is 19.1. The molecule has 2 heterocycles. The van der Waals surface area contributed by atoms with E-state index in [1.807, 2.05) is 10.6 Å². The second-order valence-electron chi connectivity index (χ2n) is 7.95. The molecular weight excluding hydrogens is 466 g/mol. The van der Waals surface area contributed by atoms with Crippen LogP contribution in [-0.4, -0.2) is 33.0 Å². The number of hydrogen-bond acceptors (Lipinski definition) is 7. The molecule has 5 rings (SSSR count). The van der Waals surface area contributed by atoms with Crippen LogP contribution in [0.1, 0.15) is 5.56 Å². The summed E-state index contributed by atoms with van der Waals surface area (Å²) in [6.07, 6.45) is 3.60.